The molecule has 0 bridgehead atoms. The molecule has 1 rings (SSSR count). The van der Waals surface area contributed by atoms with E-state index < -0.39 is 0 Å². The molecule has 0 saturated carbocycles. The van der Waals surface area contributed by atoms with Gasteiger partial charge in [0.25, 0.3) is 0 Å². The lowest BCUT2D eigenvalue weighted by Gasteiger charge is -2.03. The summed E-state index contributed by atoms with van der Waals surface area (Å²) in [5, 5.41) is 0. The van der Waals surface area contributed by atoms with Crippen LogP contribution in [-0.2, 0) is 0 Å². The standard InChI is InChI=1S/C11H17N/c1-3-6-10(2)12-9-11-7-4-5-8-11/h4-5,7-11H,3,6H2,1-2H3/t10-/m1/s1. The average molecular weight is 163 g/mol. The van der Waals surface area contributed by atoms with Crippen molar-refractivity contribution in [2.24, 2.45) is 10.9 Å². The van der Waals surface area contributed by atoms with Crippen LogP contribution in [0.4, 0.5) is 0 Å². The molecule has 0 heterocycles. The molecule has 0 N–H and O–H groups in total. The van der Waals surface area contributed by atoms with Crippen molar-refractivity contribution in [3.05, 3.63) is 24.3 Å². The van der Waals surface area contributed by atoms with Crippen molar-refractivity contribution >= 4 is 6.21 Å². The highest BCUT2D eigenvalue weighted by Crippen LogP contribution is 2.07. The number of allylic oxidation sites excluding steroid dienone is 4. The highest BCUT2D eigenvalue weighted by atomic mass is 14.8. The summed E-state index contributed by atoms with van der Waals surface area (Å²) in [4.78, 5) is 4.47. The minimum atomic E-state index is 0.448. The largest absolute Gasteiger partial charge is 0.294 e. The quantitative estimate of drug-likeness (QED) is 0.565. The molecule has 66 valence electrons. The van der Waals surface area contributed by atoms with Crippen LogP contribution < -0.4 is 0 Å². The Balaban J connectivity index is 2.28. The number of hydrogen-bond acceptors (Lipinski definition) is 1. The molecule has 1 aliphatic rings. The van der Waals surface area contributed by atoms with Crippen molar-refractivity contribution in [3.8, 4) is 0 Å². The molecule has 0 aromatic rings. The smallest absolute Gasteiger partial charge is 0.0467 e. The lowest BCUT2D eigenvalue weighted by Crippen LogP contribution is -2.00. The Morgan fingerprint density at radius 1 is 1.42 bits per heavy atom. The number of hydrogen-bond donors (Lipinski definition) is 0. The monoisotopic (exact) mass is 163 g/mol. The van der Waals surface area contributed by atoms with Crippen LogP contribution in [0.25, 0.3) is 0 Å². The highest BCUT2D eigenvalue weighted by molar-refractivity contribution is 5.67. The third-order valence-corrected chi connectivity index (χ3v) is 2.00. The Morgan fingerprint density at radius 2 is 2.08 bits per heavy atom. The topological polar surface area (TPSA) is 12.4 Å². The van der Waals surface area contributed by atoms with Gasteiger partial charge in [0.1, 0.15) is 0 Å². The maximum absolute atomic E-state index is 4.47. The van der Waals surface area contributed by atoms with Gasteiger partial charge in [-0.05, 0) is 13.3 Å². The second-order valence-corrected chi connectivity index (χ2v) is 3.28. The van der Waals surface area contributed by atoms with Crippen LogP contribution in [-0.4, -0.2) is 12.3 Å². The molecule has 0 aromatic heterocycles. The third-order valence-electron chi connectivity index (χ3n) is 2.00. The van der Waals surface area contributed by atoms with Crippen molar-refractivity contribution in [1.29, 1.82) is 0 Å². The molecule has 0 radical (unpaired) electrons. The molecule has 0 amide bonds. The van der Waals surface area contributed by atoms with Crippen molar-refractivity contribution in [2.45, 2.75) is 32.7 Å². The van der Waals surface area contributed by atoms with E-state index in [4.69, 9.17) is 0 Å². The van der Waals surface area contributed by atoms with Gasteiger partial charge in [-0.15, -0.1) is 0 Å². The van der Waals surface area contributed by atoms with E-state index in [1.165, 1.54) is 12.8 Å². The summed E-state index contributed by atoms with van der Waals surface area (Å²) >= 11 is 0. The summed E-state index contributed by atoms with van der Waals surface area (Å²) < 4.78 is 0. The van der Waals surface area contributed by atoms with Gasteiger partial charge in [-0.25, -0.2) is 0 Å². The minimum absolute atomic E-state index is 0.448. The molecular weight excluding hydrogens is 146 g/mol. The van der Waals surface area contributed by atoms with Gasteiger partial charge in [0, 0.05) is 18.2 Å². The second kappa shape index (κ2) is 4.91. The molecule has 0 aliphatic heterocycles. The average Bonchev–Trinajstić information content (AvgIpc) is 2.53. The van der Waals surface area contributed by atoms with Gasteiger partial charge in [0.05, 0.1) is 0 Å². The summed E-state index contributed by atoms with van der Waals surface area (Å²) in [6.07, 6.45) is 12.9. The number of nitrogens with zero attached hydrogens (tertiary/aromatic N) is 1. The van der Waals surface area contributed by atoms with Gasteiger partial charge < -0.3 is 0 Å². The molecule has 1 heteroatoms. The van der Waals surface area contributed by atoms with Crippen molar-refractivity contribution < 1.29 is 0 Å². The SMILES string of the molecule is CCC[C@@H](C)N=CC1C=CC=C1. The zero-order valence-corrected chi connectivity index (χ0v) is 7.90. The first kappa shape index (κ1) is 9.24. The van der Waals surface area contributed by atoms with Crippen molar-refractivity contribution in [1.82, 2.24) is 0 Å². The molecular formula is C11H17N. The maximum Gasteiger partial charge on any atom is 0.0467 e. The zero-order valence-electron chi connectivity index (χ0n) is 7.90. The van der Waals surface area contributed by atoms with Gasteiger partial charge in [-0.3, -0.25) is 4.99 Å². The molecule has 1 nitrogen and oxygen atoms in total. The van der Waals surface area contributed by atoms with Gasteiger partial charge >= 0.3 is 0 Å². The van der Waals surface area contributed by atoms with Crippen LogP contribution >= 0.6 is 0 Å². The van der Waals surface area contributed by atoms with Crippen LogP contribution in [0.5, 0.6) is 0 Å². The lowest BCUT2D eigenvalue weighted by molar-refractivity contribution is 0.655. The molecule has 0 unspecified atom stereocenters. The van der Waals surface area contributed by atoms with Gasteiger partial charge in [0.2, 0.25) is 0 Å². The molecule has 0 fully saturated rings. The summed E-state index contributed by atoms with van der Waals surface area (Å²) in [7, 11) is 0. The fourth-order valence-electron chi connectivity index (χ4n) is 1.29. The number of aliphatic imine (C=N–C) groups is 1. The first-order valence-corrected chi connectivity index (χ1v) is 4.71. The van der Waals surface area contributed by atoms with Gasteiger partial charge in [0.15, 0.2) is 0 Å². The molecule has 1 aliphatic carbocycles. The Bertz CT molecular complexity index is 189. The van der Waals surface area contributed by atoms with E-state index >= 15 is 0 Å². The van der Waals surface area contributed by atoms with E-state index in [9.17, 15) is 0 Å². The van der Waals surface area contributed by atoms with Crippen LogP contribution in [0.15, 0.2) is 29.3 Å². The minimum Gasteiger partial charge on any atom is -0.294 e. The maximum atomic E-state index is 4.47. The number of rotatable bonds is 4. The van der Waals surface area contributed by atoms with Gasteiger partial charge in [-0.1, -0.05) is 37.6 Å². The Labute approximate surface area is 74.9 Å². The molecule has 0 saturated heterocycles. The first-order chi connectivity index (χ1) is 5.83. The summed E-state index contributed by atoms with van der Waals surface area (Å²) in [6.45, 7) is 4.36. The normalized spacial score (nSPS) is 19.5. The molecule has 1 atom stereocenters. The molecule has 0 aromatic carbocycles. The molecule has 12 heavy (non-hydrogen) atoms. The van der Waals surface area contributed by atoms with Crippen LogP contribution in [0.2, 0.25) is 0 Å². The summed E-state index contributed by atoms with van der Waals surface area (Å²) in [5.41, 5.74) is 0. The summed E-state index contributed by atoms with van der Waals surface area (Å²) in [6, 6.07) is 0.484. The lowest BCUT2D eigenvalue weighted by atomic mass is 10.2. The summed E-state index contributed by atoms with van der Waals surface area (Å²) in [5.74, 6) is 0.448. The fourth-order valence-corrected chi connectivity index (χ4v) is 1.29. The van der Waals surface area contributed by atoms with E-state index in [0.717, 1.165) is 0 Å². The van der Waals surface area contributed by atoms with Crippen molar-refractivity contribution in [2.75, 3.05) is 0 Å². The van der Waals surface area contributed by atoms with Crippen LogP contribution in [0.3, 0.4) is 0 Å². The van der Waals surface area contributed by atoms with E-state index in [0.29, 0.717) is 12.0 Å². The van der Waals surface area contributed by atoms with E-state index in [-0.39, 0.29) is 0 Å². The Kier molecular flexibility index (Phi) is 3.78. The predicted molar refractivity (Wildman–Crippen MR) is 54.6 cm³/mol. The highest BCUT2D eigenvalue weighted by Gasteiger charge is 2.00. The van der Waals surface area contributed by atoms with Gasteiger partial charge in [-0.2, -0.15) is 0 Å². The Hall–Kier alpha value is -0.850. The molecule has 0 spiro atoms. The predicted octanol–water partition coefficient (Wildman–Crippen LogP) is 2.99. The first-order valence-electron chi connectivity index (χ1n) is 4.71. The second-order valence-electron chi connectivity index (χ2n) is 3.28. The van der Waals surface area contributed by atoms with E-state index in [2.05, 4.69) is 43.1 Å². The fraction of sp³-hybridized carbons (Fsp3) is 0.545. The van der Waals surface area contributed by atoms with Crippen LogP contribution in [0, 0.1) is 5.92 Å². The Morgan fingerprint density at radius 3 is 2.67 bits per heavy atom. The van der Waals surface area contributed by atoms with E-state index in [1.54, 1.807) is 0 Å². The van der Waals surface area contributed by atoms with Crippen LogP contribution in [0.1, 0.15) is 26.7 Å². The van der Waals surface area contributed by atoms with E-state index in [1.807, 2.05) is 6.21 Å². The van der Waals surface area contributed by atoms with Crippen molar-refractivity contribution in [3.63, 3.8) is 0 Å². The third kappa shape index (κ3) is 3.04. The zero-order chi connectivity index (χ0) is 8.81.